The third-order valence-electron chi connectivity index (χ3n) is 3.98. The number of benzene rings is 1. The molecule has 0 bridgehead atoms. The molecule has 0 amide bonds. The lowest BCUT2D eigenvalue weighted by Gasteiger charge is -2.31. The molecule has 2 rings (SSSR count). The number of rotatable bonds is 5. The summed E-state index contributed by atoms with van der Waals surface area (Å²) in [6, 6.07) is 8.17. The van der Waals surface area contributed by atoms with Crippen LogP contribution in [0.2, 0.25) is 0 Å². The van der Waals surface area contributed by atoms with Crippen LogP contribution in [0.4, 0.5) is 0 Å². The van der Waals surface area contributed by atoms with Gasteiger partial charge in [0.1, 0.15) is 11.9 Å². The fourth-order valence-corrected chi connectivity index (χ4v) is 2.83. The quantitative estimate of drug-likeness (QED) is 0.863. The third-order valence-corrected chi connectivity index (χ3v) is 3.98. The molecule has 1 aromatic rings. The summed E-state index contributed by atoms with van der Waals surface area (Å²) < 4.78 is 6.13. The number of aliphatic hydroxyl groups is 1. The summed E-state index contributed by atoms with van der Waals surface area (Å²) in [6.07, 6.45) is 7.49. The zero-order chi connectivity index (χ0) is 12.8. The average molecular weight is 248 g/mol. The monoisotopic (exact) mass is 248 g/mol. The minimum Gasteiger partial charge on any atom is -0.490 e. The highest BCUT2D eigenvalue weighted by Gasteiger charge is 2.25. The largest absolute Gasteiger partial charge is 0.490 e. The van der Waals surface area contributed by atoms with Crippen LogP contribution in [0.3, 0.4) is 0 Å². The van der Waals surface area contributed by atoms with E-state index in [0.29, 0.717) is 6.10 Å². The molecule has 1 aliphatic rings. The van der Waals surface area contributed by atoms with Crippen molar-refractivity contribution in [3.8, 4) is 5.75 Å². The van der Waals surface area contributed by atoms with Crippen molar-refractivity contribution in [1.82, 2.24) is 0 Å². The van der Waals surface area contributed by atoms with E-state index >= 15 is 0 Å². The van der Waals surface area contributed by atoms with Crippen LogP contribution in [0, 0.1) is 5.92 Å². The van der Waals surface area contributed by atoms with Gasteiger partial charge in [0.05, 0.1) is 0 Å². The van der Waals surface area contributed by atoms with Crippen molar-refractivity contribution in [2.45, 2.75) is 51.6 Å². The number of aliphatic hydroxyl groups excluding tert-OH is 1. The maximum atomic E-state index is 8.89. The van der Waals surface area contributed by atoms with Gasteiger partial charge in [0, 0.05) is 6.61 Å². The first-order valence-corrected chi connectivity index (χ1v) is 7.20. The van der Waals surface area contributed by atoms with Gasteiger partial charge >= 0.3 is 0 Å². The van der Waals surface area contributed by atoms with Crippen molar-refractivity contribution in [2.75, 3.05) is 6.61 Å². The van der Waals surface area contributed by atoms with Crippen LogP contribution in [0.5, 0.6) is 5.75 Å². The Morgan fingerprint density at radius 2 is 1.89 bits per heavy atom. The lowest BCUT2D eigenvalue weighted by atomic mass is 9.85. The van der Waals surface area contributed by atoms with Crippen molar-refractivity contribution in [2.24, 2.45) is 5.92 Å². The molecule has 1 saturated carbocycles. The molecule has 0 saturated heterocycles. The van der Waals surface area contributed by atoms with E-state index in [9.17, 15) is 0 Å². The predicted molar refractivity (Wildman–Crippen MR) is 73.9 cm³/mol. The molecule has 0 aliphatic heterocycles. The number of hydrogen-bond acceptors (Lipinski definition) is 2. The van der Waals surface area contributed by atoms with E-state index in [4.69, 9.17) is 9.84 Å². The smallest absolute Gasteiger partial charge is 0.119 e. The highest BCUT2D eigenvalue weighted by molar-refractivity contribution is 5.27. The molecule has 2 unspecified atom stereocenters. The zero-order valence-electron chi connectivity index (χ0n) is 11.3. The molecule has 0 aromatic heterocycles. The highest BCUT2D eigenvalue weighted by Crippen LogP contribution is 2.30. The Hall–Kier alpha value is -1.02. The van der Waals surface area contributed by atoms with Crippen LogP contribution in [-0.4, -0.2) is 17.8 Å². The molecular weight excluding hydrogens is 224 g/mol. The molecule has 100 valence electrons. The Morgan fingerprint density at radius 3 is 2.56 bits per heavy atom. The van der Waals surface area contributed by atoms with Crippen molar-refractivity contribution >= 4 is 0 Å². The Labute approximate surface area is 110 Å². The Morgan fingerprint density at radius 1 is 1.17 bits per heavy atom. The Balaban J connectivity index is 1.95. The van der Waals surface area contributed by atoms with Gasteiger partial charge in [-0.15, -0.1) is 0 Å². The van der Waals surface area contributed by atoms with Crippen LogP contribution in [0.25, 0.3) is 0 Å². The first-order chi connectivity index (χ1) is 8.83. The Bertz CT molecular complexity index is 345. The van der Waals surface area contributed by atoms with E-state index in [1.54, 1.807) is 0 Å². The number of hydrogen-bond donors (Lipinski definition) is 1. The van der Waals surface area contributed by atoms with Gasteiger partial charge in [-0.05, 0) is 55.7 Å². The van der Waals surface area contributed by atoms with Gasteiger partial charge in [-0.3, -0.25) is 0 Å². The summed E-state index contributed by atoms with van der Waals surface area (Å²) >= 11 is 0. The van der Waals surface area contributed by atoms with E-state index in [-0.39, 0.29) is 6.61 Å². The first-order valence-electron chi connectivity index (χ1n) is 7.20. The topological polar surface area (TPSA) is 29.5 Å². The molecular formula is C16H24O2. The molecule has 2 nitrogen and oxygen atoms in total. The second-order valence-electron chi connectivity index (χ2n) is 5.23. The van der Waals surface area contributed by atoms with Gasteiger partial charge in [-0.25, -0.2) is 0 Å². The molecule has 1 N–H and O–H groups in total. The van der Waals surface area contributed by atoms with E-state index in [1.165, 1.54) is 37.7 Å². The van der Waals surface area contributed by atoms with Gasteiger partial charge in [-0.1, -0.05) is 25.5 Å². The fraction of sp³-hybridized carbons (Fsp3) is 0.625. The number of ether oxygens (including phenoxy) is 1. The summed E-state index contributed by atoms with van der Waals surface area (Å²) in [4.78, 5) is 0. The van der Waals surface area contributed by atoms with Crippen LogP contribution >= 0.6 is 0 Å². The standard InChI is InChI=1S/C16H24O2/c1-2-14-5-3-4-6-16(14)18-15-9-7-13(8-10-15)11-12-17/h7-10,14,16-17H,2-6,11-12H2,1H3. The van der Waals surface area contributed by atoms with Crippen molar-refractivity contribution < 1.29 is 9.84 Å². The van der Waals surface area contributed by atoms with Gasteiger partial charge in [0.15, 0.2) is 0 Å². The molecule has 0 spiro atoms. The van der Waals surface area contributed by atoms with Crippen molar-refractivity contribution in [3.05, 3.63) is 29.8 Å². The lowest BCUT2D eigenvalue weighted by Crippen LogP contribution is -2.29. The van der Waals surface area contributed by atoms with Gasteiger partial charge < -0.3 is 9.84 Å². The lowest BCUT2D eigenvalue weighted by molar-refractivity contribution is 0.0904. The van der Waals surface area contributed by atoms with Crippen LogP contribution in [0.1, 0.15) is 44.6 Å². The third kappa shape index (κ3) is 3.49. The molecule has 2 atom stereocenters. The summed E-state index contributed by atoms with van der Waals surface area (Å²) in [5.41, 5.74) is 1.17. The summed E-state index contributed by atoms with van der Waals surface area (Å²) in [5.74, 6) is 1.69. The molecule has 18 heavy (non-hydrogen) atoms. The summed E-state index contributed by atoms with van der Waals surface area (Å²) in [7, 11) is 0. The zero-order valence-corrected chi connectivity index (χ0v) is 11.3. The summed E-state index contributed by atoms with van der Waals surface area (Å²) in [6.45, 7) is 2.47. The fourth-order valence-electron chi connectivity index (χ4n) is 2.83. The second kappa shape index (κ2) is 6.79. The summed E-state index contributed by atoms with van der Waals surface area (Å²) in [5, 5.41) is 8.89. The van der Waals surface area contributed by atoms with Crippen LogP contribution in [0.15, 0.2) is 24.3 Å². The minimum absolute atomic E-state index is 0.209. The molecule has 1 aromatic carbocycles. The van der Waals surface area contributed by atoms with E-state index in [2.05, 4.69) is 19.1 Å². The molecule has 1 fully saturated rings. The maximum absolute atomic E-state index is 8.89. The van der Waals surface area contributed by atoms with E-state index < -0.39 is 0 Å². The van der Waals surface area contributed by atoms with E-state index in [0.717, 1.165) is 18.1 Å². The normalized spacial score (nSPS) is 23.9. The first kappa shape index (κ1) is 13.4. The van der Waals surface area contributed by atoms with E-state index in [1.807, 2.05) is 12.1 Å². The van der Waals surface area contributed by atoms with Gasteiger partial charge in [0.2, 0.25) is 0 Å². The molecule has 0 heterocycles. The van der Waals surface area contributed by atoms with Crippen molar-refractivity contribution in [3.63, 3.8) is 0 Å². The van der Waals surface area contributed by atoms with Gasteiger partial charge in [-0.2, -0.15) is 0 Å². The molecule has 1 aliphatic carbocycles. The highest BCUT2D eigenvalue weighted by atomic mass is 16.5. The maximum Gasteiger partial charge on any atom is 0.119 e. The Kier molecular flexibility index (Phi) is 5.06. The van der Waals surface area contributed by atoms with Gasteiger partial charge in [0.25, 0.3) is 0 Å². The average Bonchev–Trinajstić information content (AvgIpc) is 2.42. The molecule has 0 radical (unpaired) electrons. The second-order valence-corrected chi connectivity index (χ2v) is 5.23. The van der Waals surface area contributed by atoms with Crippen LogP contribution in [-0.2, 0) is 6.42 Å². The van der Waals surface area contributed by atoms with Crippen molar-refractivity contribution in [1.29, 1.82) is 0 Å². The van der Waals surface area contributed by atoms with Crippen LogP contribution < -0.4 is 4.74 Å². The molecule has 2 heteroatoms. The minimum atomic E-state index is 0.209. The predicted octanol–water partition coefficient (Wildman–Crippen LogP) is 3.57. The SMILES string of the molecule is CCC1CCCCC1Oc1ccc(CCO)cc1.